The summed E-state index contributed by atoms with van der Waals surface area (Å²) in [5.41, 5.74) is -0.769. The maximum absolute atomic E-state index is 11.1. The van der Waals surface area contributed by atoms with Crippen molar-refractivity contribution < 1.29 is 9.90 Å². The van der Waals surface area contributed by atoms with Crippen molar-refractivity contribution in [1.82, 2.24) is 10.2 Å². The predicted octanol–water partition coefficient (Wildman–Crippen LogP) is 2.34. The predicted molar refractivity (Wildman–Crippen MR) is 78.4 cm³/mol. The molecule has 0 bridgehead atoms. The summed E-state index contributed by atoms with van der Waals surface area (Å²) in [5.74, 6) is 0.176. The van der Waals surface area contributed by atoms with Gasteiger partial charge in [0.25, 0.3) is 0 Å². The molecule has 0 aromatic rings. The molecule has 0 saturated carbocycles. The topological polar surface area (TPSA) is 52.6 Å². The molecule has 1 saturated heterocycles. The van der Waals surface area contributed by atoms with E-state index in [1.54, 1.807) is 14.0 Å². The lowest BCUT2D eigenvalue weighted by atomic mass is 9.93. The van der Waals surface area contributed by atoms with Crippen LogP contribution in [0.3, 0.4) is 0 Å². The minimum atomic E-state index is -0.769. The van der Waals surface area contributed by atoms with Crippen LogP contribution in [0.1, 0.15) is 52.4 Å². The van der Waals surface area contributed by atoms with E-state index in [1.807, 2.05) is 0 Å². The van der Waals surface area contributed by atoms with Gasteiger partial charge in [-0.25, -0.2) is 0 Å². The first-order chi connectivity index (χ1) is 9.01. The van der Waals surface area contributed by atoms with Gasteiger partial charge >= 0.3 is 5.97 Å². The van der Waals surface area contributed by atoms with E-state index in [2.05, 4.69) is 17.1 Å². The summed E-state index contributed by atoms with van der Waals surface area (Å²) in [7, 11) is 1.73. The number of aliphatic carboxylic acids is 1. The molecule has 1 aliphatic heterocycles. The van der Waals surface area contributed by atoms with Gasteiger partial charge in [0.2, 0.25) is 0 Å². The fraction of sp³-hybridized carbons (Fsp3) is 0.933. The molecule has 19 heavy (non-hydrogen) atoms. The van der Waals surface area contributed by atoms with Crippen LogP contribution in [-0.4, -0.2) is 48.2 Å². The molecule has 4 nitrogen and oxygen atoms in total. The summed E-state index contributed by atoms with van der Waals surface area (Å²) in [6.07, 6.45) is 6.75. The molecule has 0 spiro atoms. The van der Waals surface area contributed by atoms with Gasteiger partial charge in [-0.15, -0.1) is 0 Å². The van der Waals surface area contributed by atoms with Gasteiger partial charge < -0.3 is 15.3 Å². The summed E-state index contributed by atoms with van der Waals surface area (Å²) < 4.78 is 0. The van der Waals surface area contributed by atoms with Crippen molar-refractivity contribution in [3.63, 3.8) is 0 Å². The molecule has 2 N–H and O–H groups in total. The third-order valence-corrected chi connectivity index (χ3v) is 4.71. The van der Waals surface area contributed by atoms with E-state index < -0.39 is 11.5 Å². The van der Waals surface area contributed by atoms with Crippen LogP contribution < -0.4 is 5.32 Å². The molecule has 1 fully saturated rings. The van der Waals surface area contributed by atoms with Crippen LogP contribution in [0, 0.1) is 5.92 Å². The van der Waals surface area contributed by atoms with Gasteiger partial charge in [0, 0.05) is 0 Å². The van der Waals surface area contributed by atoms with Crippen molar-refractivity contribution in [3.8, 4) is 0 Å². The van der Waals surface area contributed by atoms with Gasteiger partial charge in [0.1, 0.15) is 5.54 Å². The molecule has 0 aliphatic carbocycles. The lowest BCUT2D eigenvalue weighted by Crippen LogP contribution is -2.47. The van der Waals surface area contributed by atoms with Gasteiger partial charge in [-0.05, 0) is 71.6 Å². The second kappa shape index (κ2) is 7.85. The highest BCUT2D eigenvalue weighted by molar-refractivity contribution is 5.78. The minimum Gasteiger partial charge on any atom is -0.480 e. The smallest absolute Gasteiger partial charge is 0.323 e. The number of nitrogens with one attached hydrogen (secondary N) is 1. The number of rotatable bonds is 8. The highest BCUT2D eigenvalue weighted by Gasteiger charge is 2.30. The van der Waals surface area contributed by atoms with Crippen LogP contribution in [0.25, 0.3) is 0 Å². The Balaban J connectivity index is 2.16. The number of nitrogens with zero attached hydrogens (tertiary/aromatic N) is 1. The molecule has 0 aromatic carbocycles. The van der Waals surface area contributed by atoms with E-state index >= 15 is 0 Å². The summed E-state index contributed by atoms with van der Waals surface area (Å²) in [5, 5.41) is 12.1. The van der Waals surface area contributed by atoms with Crippen LogP contribution in [0.2, 0.25) is 0 Å². The van der Waals surface area contributed by atoms with Gasteiger partial charge in [-0.1, -0.05) is 13.3 Å². The Kier molecular flexibility index (Phi) is 6.80. The van der Waals surface area contributed by atoms with Crippen LogP contribution in [-0.2, 0) is 4.79 Å². The van der Waals surface area contributed by atoms with Gasteiger partial charge in [0.05, 0.1) is 0 Å². The zero-order valence-corrected chi connectivity index (χ0v) is 12.7. The normalized spacial score (nSPS) is 21.2. The number of likely N-dealkylation sites (N-methyl/N-ethyl adjacent to an activating group) is 1. The van der Waals surface area contributed by atoms with E-state index in [-0.39, 0.29) is 0 Å². The summed E-state index contributed by atoms with van der Waals surface area (Å²) >= 11 is 0. The lowest BCUT2D eigenvalue weighted by molar-refractivity contribution is -0.144. The molecule has 4 heteroatoms. The number of unbranched alkanes of at least 4 members (excludes halogenated alkanes) is 1. The van der Waals surface area contributed by atoms with Crippen molar-refractivity contribution in [3.05, 3.63) is 0 Å². The van der Waals surface area contributed by atoms with Crippen LogP contribution in [0.15, 0.2) is 0 Å². The van der Waals surface area contributed by atoms with Gasteiger partial charge in [-0.2, -0.15) is 0 Å². The van der Waals surface area contributed by atoms with Crippen LogP contribution >= 0.6 is 0 Å². The van der Waals surface area contributed by atoms with Crippen LogP contribution in [0.4, 0.5) is 0 Å². The Bertz CT molecular complexity index is 275. The molecule has 1 atom stereocenters. The lowest BCUT2D eigenvalue weighted by Gasteiger charge is -2.31. The molecule has 0 radical (unpaired) electrons. The van der Waals surface area contributed by atoms with Crippen molar-refractivity contribution in [2.75, 3.05) is 26.7 Å². The molecular formula is C15H30N2O2. The van der Waals surface area contributed by atoms with Crippen molar-refractivity contribution >= 4 is 5.97 Å². The Morgan fingerprint density at radius 3 is 2.47 bits per heavy atom. The number of carbonyl (C=O) groups is 1. The maximum atomic E-state index is 11.1. The average molecular weight is 270 g/mol. The minimum absolute atomic E-state index is 0.699. The monoisotopic (exact) mass is 270 g/mol. The molecule has 1 rings (SSSR count). The standard InChI is InChI=1S/C15H30N2O2/c1-4-13-7-11-17(12-8-13)10-6-5-9-15(2,16-3)14(18)19/h13,16H,4-12H2,1-3H3,(H,18,19). The fourth-order valence-corrected chi connectivity index (χ4v) is 2.77. The second-order valence-corrected chi connectivity index (χ2v) is 6.04. The third kappa shape index (κ3) is 5.11. The van der Waals surface area contributed by atoms with E-state index in [9.17, 15) is 4.79 Å². The zero-order valence-electron chi connectivity index (χ0n) is 12.7. The van der Waals surface area contributed by atoms with Gasteiger partial charge in [-0.3, -0.25) is 4.79 Å². The molecule has 112 valence electrons. The Hall–Kier alpha value is -0.610. The maximum Gasteiger partial charge on any atom is 0.323 e. The number of carboxylic acids is 1. The zero-order chi connectivity index (χ0) is 14.3. The van der Waals surface area contributed by atoms with Crippen LogP contribution in [0.5, 0.6) is 0 Å². The van der Waals surface area contributed by atoms with E-state index in [0.717, 1.165) is 25.3 Å². The number of likely N-dealkylation sites (tertiary alicyclic amines) is 1. The molecule has 0 amide bonds. The third-order valence-electron chi connectivity index (χ3n) is 4.71. The highest BCUT2D eigenvalue weighted by atomic mass is 16.4. The Morgan fingerprint density at radius 1 is 1.37 bits per heavy atom. The fourth-order valence-electron chi connectivity index (χ4n) is 2.77. The molecular weight excluding hydrogens is 240 g/mol. The number of hydrogen-bond donors (Lipinski definition) is 2. The second-order valence-electron chi connectivity index (χ2n) is 6.04. The average Bonchev–Trinajstić information content (AvgIpc) is 2.43. The van der Waals surface area contributed by atoms with E-state index in [4.69, 9.17) is 5.11 Å². The molecule has 1 heterocycles. The summed E-state index contributed by atoms with van der Waals surface area (Å²) in [4.78, 5) is 13.7. The molecule has 1 unspecified atom stereocenters. The van der Waals surface area contributed by atoms with E-state index in [1.165, 1.54) is 32.4 Å². The summed E-state index contributed by atoms with van der Waals surface area (Å²) in [6, 6.07) is 0. The summed E-state index contributed by atoms with van der Waals surface area (Å²) in [6.45, 7) is 7.62. The van der Waals surface area contributed by atoms with Crippen molar-refractivity contribution in [2.24, 2.45) is 5.92 Å². The van der Waals surface area contributed by atoms with Crippen molar-refractivity contribution in [2.45, 2.75) is 57.9 Å². The first-order valence-electron chi connectivity index (χ1n) is 7.66. The Labute approximate surface area is 117 Å². The molecule has 0 aromatic heterocycles. The molecule has 1 aliphatic rings. The van der Waals surface area contributed by atoms with E-state index in [0.29, 0.717) is 6.42 Å². The Morgan fingerprint density at radius 2 is 2.00 bits per heavy atom. The highest BCUT2D eigenvalue weighted by Crippen LogP contribution is 2.20. The first kappa shape index (κ1) is 16.4. The largest absolute Gasteiger partial charge is 0.480 e. The quantitative estimate of drug-likeness (QED) is 0.665. The number of carboxylic acid groups (broad SMARTS) is 1. The number of piperidine rings is 1. The SMILES string of the molecule is CCC1CCN(CCCCC(C)(NC)C(=O)O)CC1. The van der Waals surface area contributed by atoms with Crippen molar-refractivity contribution in [1.29, 1.82) is 0 Å². The van der Waals surface area contributed by atoms with Gasteiger partial charge in [0.15, 0.2) is 0 Å². The first-order valence-corrected chi connectivity index (χ1v) is 7.66. The number of hydrogen-bond acceptors (Lipinski definition) is 3.